The number of hydrogen-bond acceptors (Lipinski definition) is 5. The molecule has 1 atom stereocenters. The fraction of sp³-hybridized carbons (Fsp3) is 0.0769. The Kier molecular flexibility index (Phi) is 7.15. The van der Waals surface area contributed by atoms with Gasteiger partial charge in [0.25, 0.3) is 5.91 Å². The van der Waals surface area contributed by atoms with Crippen molar-refractivity contribution in [1.29, 1.82) is 0 Å². The number of hydrogen-bond donors (Lipinski definition) is 3. The van der Waals surface area contributed by atoms with Crippen molar-refractivity contribution in [3.8, 4) is 11.3 Å². The van der Waals surface area contributed by atoms with Crippen molar-refractivity contribution in [1.82, 2.24) is 15.3 Å². The van der Waals surface area contributed by atoms with Crippen LogP contribution in [0.25, 0.3) is 11.3 Å². The molecule has 0 bridgehead atoms. The fourth-order valence-corrected chi connectivity index (χ4v) is 3.60. The van der Waals surface area contributed by atoms with Gasteiger partial charge in [-0.1, -0.05) is 60.1 Å². The fourth-order valence-electron chi connectivity index (χ4n) is 3.35. The van der Waals surface area contributed by atoms with Gasteiger partial charge in [0.15, 0.2) is 0 Å². The van der Waals surface area contributed by atoms with Crippen molar-refractivity contribution in [2.75, 3.05) is 10.6 Å². The molecule has 8 heteroatoms. The van der Waals surface area contributed by atoms with Crippen LogP contribution in [0.4, 0.5) is 11.6 Å². The van der Waals surface area contributed by atoms with E-state index in [4.69, 9.17) is 11.6 Å². The van der Waals surface area contributed by atoms with E-state index in [1.807, 2.05) is 36.4 Å². The second-order valence-corrected chi connectivity index (χ2v) is 7.87. The minimum Gasteiger partial charge on any atom is -0.330 e. The summed E-state index contributed by atoms with van der Waals surface area (Å²) in [5.74, 6) is -0.0751. The maximum Gasteiger partial charge on any atom is 0.253 e. The minimum absolute atomic E-state index is 0.135. The van der Waals surface area contributed by atoms with Gasteiger partial charge in [-0.15, -0.1) is 0 Å². The zero-order valence-corrected chi connectivity index (χ0v) is 19.1. The van der Waals surface area contributed by atoms with Crippen molar-refractivity contribution >= 4 is 35.1 Å². The van der Waals surface area contributed by atoms with Crippen LogP contribution in [0.2, 0.25) is 5.02 Å². The molecular formula is C26H22ClN5O2. The molecule has 1 heterocycles. The largest absolute Gasteiger partial charge is 0.330 e. The smallest absolute Gasteiger partial charge is 0.253 e. The van der Waals surface area contributed by atoms with Crippen LogP contribution in [0.15, 0.2) is 91.1 Å². The molecule has 34 heavy (non-hydrogen) atoms. The van der Waals surface area contributed by atoms with Crippen LogP contribution in [-0.2, 0) is 4.79 Å². The van der Waals surface area contributed by atoms with Gasteiger partial charge in [0.1, 0.15) is 6.17 Å². The second-order valence-electron chi connectivity index (χ2n) is 7.46. The summed E-state index contributed by atoms with van der Waals surface area (Å²) in [5.41, 5.74) is 3.43. The van der Waals surface area contributed by atoms with Gasteiger partial charge in [0, 0.05) is 40.5 Å². The summed E-state index contributed by atoms with van der Waals surface area (Å²) in [7, 11) is 0. The number of nitrogens with zero attached hydrogens (tertiary/aromatic N) is 2. The zero-order chi connectivity index (χ0) is 23.9. The first-order chi connectivity index (χ1) is 16.5. The Balaban J connectivity index is 1.59. The molecule has 4 aromatic rings. The molecule has 2 amide bonds. The van der Waals surface area contributed by atoms with Gasteiger partial charge in [-0.05, 0) is 36.4 Å². The normalized spacial score (nSPS) is 11.4. The molecule has 0 saturated heterocycles. The number of amides is 2. The maximum atomic E-state index is 12.9. The van der Waals surface area contributed by atoms with Crippen LogP contribution >= 0.6 is 11.6 Å². The van der Waals surface area contributed by atoms with Crippen LogP contribution in [0.1, 0.15) is 29.0 Å². The molecule has 1 aromatic heterocycles. The van der Waals surface area contributed by atoms with Crippen LogP contribution in [-0.4, -0.2) is 21.8 Å². The van der Waals surface area contributed by atoms with Crippen LogP contribution < -0.4 is 16.0 Å². The Labute approximate surface area is 202 Å². The molecule has 3 N–H and O–H groups in total. The van der Waals surface area contributed by atoms with Crippen LogP contribution in [0, 0.1) is 0 Å². The highest BCUT2D eigenvalue weighted by Crippen LogP contribution is 2.25. The van der Waals surface area contributed by atoms with E-state index in [1.54, 1.807) is 54.7 Å². The summed E-state index contributed by atoms with van der Waals surface area (Å²) in [5, 5.41) is 9.40. The van der Waals surface area contributed by atoms with Gasteiger partial charge in [0.2, 0.25) is 11.9 Å². The zero-order valence-electron chi connectivity index (χ0n) is 18.3. The monoisotopic (exact) mass is 471 g/mol. The molecule has 0 aliphatic rings. The number of benzene rings is 3. The molecular weight excluding hydrogens is 450 g/mol. The average molecular weight is 472 g/mol. The van der Waals surface area contributed by atoms with Crippen LogP contribution in [0.5, 0.6) is 0 Å². The molecule has 0 spiro atoms. The Bertz CT molecular complexity index is 1300. The first-order valence-electron chi connectivity index (χ1n) is 10.6. The molecule has 1 unspecified atom stereocenters. The van der Waals surface area contributed by atoms with Gasteiger partial charge in [-0.25, -0.2) is 9.97 Å². The summed E-state index contributed by atoms with van der Waals surface area (Å²) in [6.45, 7) is 1.46. The third kappa shape index (κ3) is 5.76. The molecule has 3 aromatic carbocycles. The van der Waals surface area contributed by atoms with Crippen molar-refractivity contribution in [3.05, 3.63) is 107 Å². The highest BCUT2D eigenvalue weighted by atomic mass is 35.5. The molecule has 0 aliphatic heterocycles. The highest BCUT2D eigenvalue weighted by Gasteiger charge is 2.19. The summed E-state index contributed by atoms with van der Waals surface area (Å²) in [6.07, 6.45) is 0.966. The predicted molar refractivity (Wildman–Crippen MR) is 133 cm³/mol. The number of nitrogens with one attached hydrogen (secondary N) is 3. The lowest BCUT2D eigenvalue weighted by molar-refractivity contribution is -0.114. The molecule has 4 rings (SSSR count). The SMILES string of the molecule is CC(=O)Nc1ccc(-c2ccnc(NC(NC(=O)c3ccccc3)c3ccccc3Cl)n2)cc1. The number of halogens is 1. The van der Waals surface area contributed by atoms with E-state index in [-0.39, 0.29) is 11.8 Å². The van der Waals surface area contributed by atoms with Crippen LogP contribution in [0.3, 0.4) is 0 Å². The number of rotatable bonds is 7. The Morgan fingerprint density at radius 1 is 0.882 bits per heavy atom. The van der Waals surface area contributed by atoms with E-state index in [2.05, 4.69) is 25.9 Å². The third-order valence-corrected chi connectivity index (χ3v) is 5.30. The van der Waals surface area contributed by atoms with Crippen molar-refractivity contribution in [2.24, 2.45) is 0 Å². The van der Waals surface area contributed by atoms with E-state index in [9.17, 15) is 9.59 Å². The number of aromatic nitrogens is 2. The van der Waals surface area contributed by atoms with Gasteiger partial charge in [-0.2, -0.15) is 0 Å². The lowest BCUT2D eigenvalue weighted by Crippen LogP contribution is -2.34. The third-order valence-electron chi connectivity index (χ3n) is 4.96. The van der Waals surface area contributed by atoms with E-state index in [0.717, 1.165) is 5.56 Å². The quantitative estimate of drug-likeness (QED) is 0.318. The van der Waals surface area contributed by atoms with Crippen molar-refractivity contribution in [3.63, 3.8) is 0 Å². The lowest BCUT2D eigenvalue weighted by atomic mass is 10.1. The van der Waals surface area contributed by atoms with E-state index >= 15 is 0 Å². The van der Waals surface area contributed by atoms with E-state index in [0.29, 0.717) is 33.5 Å². The molecule has 0 radical (unpaired) electrons. The second kappa shape index (κ2) is 10.6. The summed E-state index contributed by atoms with van der Waals surface area (Å²) < 4.78 is 0. The maximum absolute atomic E-state index is 12.9. The first-order valence-corrected chi connectivity index (χ1v) is 11.0. The molecule has 0 aliphatic carbocycles. The van der Waals surface area contributed by atoms with Gasteiger partial charge < -0.3 is 16.0 Å². The lowest BCUT2D eigenvalue weighted by Gasteiger charge is -2.22. The molecule has 7 nitrogen and oxygen atoms in total. The van der Waals surface area contributed by atoms with Gasteiger partial charge in [0.05, 0.1) is 5.69 Å². The predicted octanol–water partition coefficient (Wildman–Crippen LogP) is 5.30. The summed E-state index contributed by atoms with van der Waals surface area (Å²) >= 11 is 6.43. The van der Waals surface area contributed by atoms with Crippen molar-refractivity contribution < 1.29 is 9.59 Å². The summed E-state index contributed by atoms with van der Waals surface area (Å²) in [4.78, 5) is 33.0. The minimum atomic E-state index is -0.668. The van der Waals surface area contributed by atoms with Gasteiger partial charge in [-0.3, -0.25) is 9.59 Å². The number of carbonyl (C=O) groups excluding carboxylic acids is 2. The van der Waals surface area contributed by atoms with E-state index < -0.39 is 6.17 Å². The molecule has 0 fully saturated rings. The Morgan fingerprint density at radius 3 is 2.29 bits per heavy atom. The molecule has 170 valence electrons. The Morgan fingerprint density at radius 2 is 1.59 bits per heavy atom. The number of carbonyl (C=O) groups is 2. The van der Waals surface area contributed by atoms with E-state index in [1.165, 1.54) is 6.92 Å². The first kappa shape index (κ1) is 22.9. The Hall–Kier alpha value is -4.23. The average Bonchev–Trinajstić information content (AvgIpc) is 2.85. The summed E-state index contributed by atoms with van der Waals surface area (Å²) in [6, 6.07) is 25.3. The highest BCUT2D eigenvalue weighted by molar-refractivity contribution is 6.31. The topological polar surface area (TPSA) is 96.0 Å². The van der Waals surface area contributed by atoms with Gasteiger partial charge >= 0.3 is 0 Å². The number of anilines is 2. The van der Waals surface area contributed by atoms with Crippen molar-refractivity contribution in [2.45, 2.75) is 13.1 Å². The molecule has 0 saturated carbocycles. The standard InChI is InChI=1S/C26H22ClN5O2/c1-17(33)29-20-13-11-18(12-14-20)23-15-16-28-26(30-23)32-24(21-9-5-6-10-22(21)27)31-25(34)19-7-3-2-4-8-19/h2-16,24H,1H3,(H,29,33)(H,31,34)(H,28,30,32).